The predicted octanol–water partition coefficient (Wildman–Crippen LogP) is 0.143. The van der Waals surface area contributed by atoms with Crippen LogP contribution < -0.4 is 5.32 Å². The first kappa shape index (κ1) is 6.78. The molecule has 0 saturated carbocycles. The van der Waals surface area contributed by atoms with Crippen molar-refractivity contribution in [2.75, 3.05) is 13.7 Å². The van der Waals surface area contributed by atoms with Crippen molar-refractivity contribution in [3.63, 3.8) is 0 Å². The maximum atomic E-state index is 8.70. The van der Waals surface area contributed by atoms with E-state index >= 15 is 0 Å². The molecule has 1 rings (SSSR count). The molecule has 9 heavy (non-hydrogen) atoms. The van der Waals surface area contributed by atoms with Gasteiger partial charge in [0.2, 0.25) is 0 Å². The summed E-state index contributed by atoms with van der Waals surface area (Å²) in [5, 5.41) is 11.8. The van der Waals surface area contributed by atoms with Crippen LogP contribution in [0.15, 0.2) is 12.2 Å². The van der Waals surface area contributed by atoms with E-state index in [0.29, 0.717) is 12.0 Å². The van der Waals surface area contributed by atoms with Crippen molar-refractivity contribution < 1.29 is 5.11 Å². The maximum Gasteiger partial charge on any atom is 0.0494 e. The lowest BCUT2D eigenvalue weighted by Gasteiger charge is -2.07. The van der Waals surface area contributed by atoms with Gasteiger partial charge in [-0.05, 0) is 13.5 Å². The monoisotopic (exact) mass is 127 g/mol. The van der Waals surface area contributed by atoms with Gasteiger partial charge in [0.1, 0.15) is 0 Å². The summed E-state index contributed by atoms with van der Waals surface area (Å²) in [7, 11) is 1.94. The average Bonchev–Trinajstić information content (AvgIpc) is 2.34. The molecule has 0 saturated heterocycles. The van der Waals surface area contributed by atoms with Gasteiger partial charge in [-0.3, -0.25) is 0 Å². The number of rotatable bonds is 2. The van der Waals surface area contributed by atoms with Crippen LogP contribution in [0.3, 0.4) is 0 Å². The molecule has 2 nitrogen and oxygen atoms in total. The third kappa shape index (κ3) is 1.53. The first-order valence-corrected chi connectivity index (χ1v) is 3.33. The second-order valence-electron chi connectivity index (χ2n) is 2.46. The molecule has 2 N–H and O–H groups in total. The summed E-state index contributed by atoms with van der Waals surface area (Å²) in [4.78, 5) is 0. The van der Waals surface area contributed by atoms with E-state index in [2.05, 4.69) is 17.5 Å². The Balaban J connectivity index is 2.31. The molecule has 0 aromatic rings. The van der Waals surface area contributed by atoms with E-state index in [1.807, 2.05) is 7.05 Å². The van der Waals surface area contributed by atoms with Crippen molar-refractivity contribution in [2.45, 2.75) is 12.5 Å². The summed E-state index contributed by atoms with van der Waals surface area (Å²) in [6.07, 6.45) is 5.23. The Bertz CT molecular complexity index is 99.5. The molecule has 0 fully saturated rings. The van der Waals surface area contributed by atoms with Crippen LogP contribution in [0.25, 0.3) is 0 Å². The molecule has 0 radical (unpaired) electrons. The van der Waals surface area contributed by atoms with Gasteiger partial charge in [0.05, 0.1) is 0 Å². The van der Waals surface area contributed by atoms with Crippen LogP contribution in [0, 0.1) is 5.92 Å². The fourth-order valence-corrected chi connectivity index (χ4v) is 1.12. The number of likely N-dealkylation sites (N-methyl/N-ethyl adjacent to an activating group) is 1. The molecule has 0 spiro atoms. The van der Waals surface area contributed by atoms with E-state index < -0.39 is 0 Å². The van der Waals surface area contributed by atoms with Crippen molar-refractivity contribution in [3.05, 3.63) is 12.2 Å². The van der Waals surface area contributed by atoms with Crippen molar-refractivity contribution in [2.24, 2.45) is 5.92 Å². The highest BCUT2D eigenvalue weighted by atomic mass is 16.3. The Morgan fingerprint density at radius 3 is 2.78 bits per heavy atom. The van der Waals surface area contributed by atoms with Gasteiger partial charge >= 0.3 is 0 Å². The van der Waals surface area contributed by atoms with Crippen LogP contribution in [0.2, 0.25) is 0 Å². The molecule has 52 valence electrons. The topological polar surface area (TPSA) is 32.3 Å². The largest absolute Gasteiger partial charge is 0.396 e. The highest BCUT2D eigenvalue weighted by molar-refractivity contribution is 5.05. The zero-order valence-electron chi connectivity index (χ0n) is 5.67. The highest BCUT2D eigenvalue weighted by Crippen LogP contribution is 2.15. The molecular formula is C7H13NO. The molecule has 2 heteroatoms. The van der Waals surface area contributed by atoms with Crippen LogP contribution in [-0.2, 0) is 0 Å². The third-order valence-electron chi connectivity index (χ3n) is 1.78. The van der Waals surface area contributed by atoms with Crippen LogP contribution >= 0.6 is 0 Å². The minimum atomic E-state index is 0.286. The first-order valence-electron chi connectivity index (χ1n) is 3.33. The fraction of sp³-hybridized carbons (Fsp3) is 0.714. The van der Waals surface area contributed by atoms with Gasteiger partial charge in [-0.1, -0.05) is 12.2 Å². The van der Waals surface area contributed by atoms with E-state index in [-0.39, 0.29) is 6.61 Å². The Morgan fingerprint density at radius 2 is 2.44 bits per heavy atom. The minimum absolute atomic E-state index is 0.286. The Labute approximate surface area is 55.6 Å². The van der Waals surface area contributed by atoms with Gasteiger partial charge < -0.3 is 10.4 Å². The number of aliphatic hydroxyl groups excluding tert-OH is 1. The summed E-state index contributed by atoms with van der Waals surface area (Å²) in [6.45, 7) is 0.286. The van der Waals surface area contributed by atoms with Gasteiger partial charge in [0.15, 0.2) is 0 Å². The van der Waals surface area contributed by atoms with Crippen molar-refractivity contribution in [3.8, 4) is 0 Å². The lowest BCUT2D eigenvalue weighted by atomic mass is 10.1. The molecular weight excluding hydrogens is 114 g/mol. The second-order valence-corrected chi connectivity index (χ2v) is 2.46. The van der Waals surface area contributed by atoms with Crippen LogP contribution in [0.4, 0.5) is 0 Å². The molecule has 1 unspecified atom stereocenters. The number of aliphatic hydroxyl groups is 1. The third-order valence-corrected chi connectivity index (χ3v) is 1.78. The molecule has 0 aromatic heterocycles. The van der Waals surface area contributed by atoms with Crippen molar-refractivity contribution in [1.82, 2.24) is 5.32 Å². The highest BCUT2D eigenvalue weighted by Gasteiger charge is 2.15. The van der Waals surface area contributed by atoms with E-state index in [4.69, 9.17) is 5.11 Å². The molecule has 2 atom stereocenters. The molecule has 0 aliphatic heterocycles. The van der Waals surface area contributed by atoms with E-state index in [0.717, 1.165) is 6.42 Å². The Morgan fingerprint density at radius 1 is 1.67 bits per heavy atom. The van der Waals surface area contributed by atoms with Gasteiger partial charge in [-0.2, -0.15) is 0 Å². The lowest BCUT2D eigenvalue weighted by Crippen LogP contribution is -2.21. The van der Waals surface area contributed by atoms with Gasteiger partial charge in [-0.15, -0.1) is 0 Å². The van der Waals surface area contributed by atoms with Gasteiger partial charge in [0.25, 0.3) is 0 Å². The van der Waals surface area contributed by atoms with E-state index in [1.165, 1.54) is 0 Å². The summed E-state index contributed by atoms with van der Waals surface area (Å²) < 4.78 is 0. The summed E-state index contributed by atoms with van der Waals surface area (Å²) in [5.41, 5.74) is 0. The van der Waals surface area contributed by atoms with Crippen LogP contribution in [0.5, 0.6) is 0 Å². The lowest BCUT2D eigenvalue weighted by molar-refractivity contribution is 0.247. The first-order chi connectivity index (χ1) is 4.36. The molecule has 1 aliphatic carbocycles. The fourth-order valence-electron chi connectivity index (χ4n) is 1.12. The average molecular weight is 127 g/mol. The Hall–Kier alpha value is -0.340. The maximum absolute atomic E-state index is 8.70. The molecule has 0 bridgehead atoms. The van der Waals surface area contributed by atoms with Crippen molar-refractivity contribution >= 4 is 0 Å². The summed E-state index contributed by atoms with van der Waals surface area (Å²) >= 11 is 0. The molecule has 1 aliphatic rings. The zero-order valence-corrected chi connectivity index (χ0v) is 5.67. The Kier molecular flexibility index (Phi) is 2.25. The summed E-state index contributed by atoms with van der Waals surface area (Å²) in [5.74, 6) is 0.391. The zero-order chi connectivity index (χ0) is 6.69. The molecule has 0 heterocycles. The van der Waals surface area contributed by atoms with Crippen LogP contribution in [0.1, 0.15) is 6.42 Å². The minimum Gasteiger partial charge on any atom is -0.396 e. The second kappa shape index (κ2) is 2.99. The molecule has 0 amide bonds. The smallest absolute Gasteiger partial charge is 0.0494 e. The van der Waals surface area contributed by atoms with Gasteiger partial charge in [0, 0.05) is 18.6 Å². The van der Waals surface area contributed by atoms with E-state index in [9.17, 15) is 0 Å². The normalized spacial score (nSPS) is 33.6. The standard InChI is InChI=1S/C7H13NO/c1-8-7-3-2-6(4-7)5-9/h2-3,6-9H,4-5H2,1H3/t6-,7?/m1/s1. The quantitative estimate of drug-likeness (QED) is 0.517. The number of nitrogens with one attached hydrogen (secondary N) is 1. The number of hydrogen-bond acceptors (Lipinski definition) is 2. The molecule has 0 aromatic carbocycles. The SMILES string of the molecule is CNC1C=C[C@@H](CO)C1. The summed E-state index contributed by atoms with van der Waals surface area (Å²) in [6, 6.07) is 0.488. The predicted molar refractivity (Wildman–Crippen MR) is 37.2 cm³/mol. The number of hydrogen-bond donors (Lipinski definition) is 2. The van der Waals surface area contributed by atoms with Gasteiger partial charge in [-0.25, -0.2) is 0 Å². The van der Waals surface area contributed by atoms with Crippen molar-refractivity contribution in [1.29, 1.82) is 0 Å². The van der Waals surface area contributed by atoms with Crippen LogP contribution in [-0.4, -0.2) is 24.8 Å². The van der Waals surface area contributed by atoms with E-state index in [1.54, 1.807) is 0 Å².